The Morgan fingerprint density at radius 2 is 1.95 bits per heavy atom. The summed E-state index contributed by atoms with van der Waals surface area (Å²) in [6.07, 6.45) is -4.72. The van der Waals surface area contributed by atoms with Crippen molar-refractivity contribution in [3.8, 4) is 5.75 Å². The highest BCUT2D eigenvalue weighted by molar-refractivity contribution is 5.48. The van der Waals surface area contributed by atoms with Crippen molar-refractivity contribution in [1.82, 2.24) is 10.1 Å². The topological polar surface area (TPSA) is 60.2 Å². The molecule has 0 aliphatic carbocycles. The van der Waals surface area contributed by atoms with Gasteiger partial charge in [-0.2, -0.15) is 4.98 Å². The van der Waals surface area contributed by atoms with Crippen LogP contribution in [-0.2, 0) is 12.0 Å². The molecule has 0 amide bonds. The molecule has 0 aliphatic rings. The number of ether oxygens (including phenoxy) is 1. The van der Waals surface area contributed by atoms with Crippen molar-refractivity contribution in [3.05, 3.63) is 36.0 Å². The van der Waals surface area contributed by atoms with Gasteiger partial charge in [-0.1, -0.05) is 32.0 Å². The summed E-state index contributed by atoms with van der Waals surface area (Å²) >= 11 is 0. The lowest BCUT2D eigenvalue weighted by molar-refractivity contribution is -0.274. The van der Waals surface area contributed by atoms with Crippen molar-refractivity contribution in [2.75, 3.05) is 5.32 Å². The minimum absolute atomic E-state index is 0.207. The van der Waals surface area contributed by atoms with Gasteiger partial charge in [-0.3, -0.25) is 0 Å². The largest absolute Gasteiger partial charge is 0.573 e. The minimum atomic E-state index is -4.72. The minimum Gasteiger partial charge on any atom is -0.406 e. The molecule has 0 saturated heterocycles. The van der Waals surface area contributed by atoms with Crippen LogP contribution >= 0.6 is 0 Å². The van der Waals surface area contributed by atoms with Crippen molar-refractivity contribution in [2.24, 2.45) is 0 Å². The van der Waals surface area contributed by atoms with Gasteiger partial charge in [0.15, 0.2) is 5.82 Å². The van der Waals surface area contributed by atoms with Crippen molar-refractivity contribution in [1.29, 1.82) is 0 Å². The molecule has 0 aliphatic heterocycles. The Balaban J connectivity index is 2.00. The van der Waals surface area contributed by atoms with Gasteiger partial charge in [-0.05, 0) is 12.1 Å². The molecule has 2 rings (SSSR count). The summed E-state index contributed by atoms with van der Waals surface area (Å²) in [5, 5.41) is 6.77. The number of nitrogens with one attached hydrogen (secondary N) is 1. The van der Waals surface area contributed by atoms with Gasteiger partial charge >= 0.3 is 6.36 Å². The highest BCUT2D eigenvalue weighted by Crippen LogP contribution is 2.25. The normalized spacial score (nSPS) is 12.3. The van der Waals surface area contributed by atoms with Gasteiger partial charge < -0.3 is 14.6 Å². The highest BCUT2D eigenvalue weighted by atomic mass is 19.4. The first-order chi connectivity index (χ1) is 10.1. The van der Waals surface area contributed by atoms with Crippen LogP contribution in [-0.4, -0.2) is 16.5 Å². The fourth-order valence-corrected chi connectivity index (χ4v) is 1.61. The van der Waals surface area contributed by atoms with Crippen molar-refractivity contribution in [3.63, 3.8) is 0 Å². The smallest absolute Gasteiger partial charge is 0.406 e. The van der Waals surface area contributed by atoms with E-state index in [9.17, 15) is 13.2 Å². The zero-order chi connectivity index (χ0) is 16.4. The van der Waals surface area contributed by atoms with Crippen LogP contribution in [0, 0.1) is 0 Å². The maximum atomic E-state index is 12.2. The van der Waals surface area contributed by atoms with Crippen LogP contribution in [0.4, 0.5) is 18.9 Å². The van der Waals surface area contributed by atoms with Gasteiger partial charge in [0.1, 0.15) is 5.75 Å². The molecule has 22 heavy (non-hydrogen) atoms. The van der Waals surface area contributed by atoms with Crippen molar-refractivity contribution >= 4 is 5.69 Å². The van der Waals surface area contributed by atoms with Gasteiger partial charge in [0.25, 0.3) is 0 Å². The number of alkyl halides is 3. The molecule has 0 bridgehead atoms. The summed E-state index contributed by atoms with van der Waals surface area (Å²) in [5.74, 6) is 0.629. The van der Waals surface area contributed by atoms with Gasteiger partial charge in [0, 0.05) is 17.2 Å². The van der Waals surface area contributed by atoms with E-state index in [1.165, 1.54) is 18.2 Å². The molecule has 0 radical (unpaired) electrons. The molecule has 0 saturated carbocycles. The Labute approximate surface area is 125 Å². The van der Waals surface area contributed by atoms with Gasteiger partial charge in [0.05, 0.1) is 6.54 Å². The molecular formula is C14H16F3N3O2. The fraction of sp³-hybridized carbons (Fsp3) is 0.429. The van der Waals surface area contributed by atoms with E-state index in [2.05, 4.69) is 20.2 Å². The number of rotatable bonds is 4. The Kier molecular flexibility index (Phi) is 4.30. The number of hydrogen-bond acceptors (Lipinski definition) is 5. The first-order valence-electron chi connectivity index (χ1n) is 6.56. The average molecular weight is 315 g/mol. The number of aromatic nitrogens is 2. The molecule has 2 aromatic rings. The van der Waals surface area contributed by atoms with E-state index in [4.69, 9.17) is 4.52 Å². The Bertz CT molecular complexity index is 633. The standard InChI is InChI=1S/C14H16F3N3O2/c1-13(2,3)12-19-11(22-20-12)8-18-9-5-4-6-10(7-9)21-14(15,16)17/h4-7,18H,8H2,1-3H3. The van der Waals surface area contributed by atoms with E-state index < -0.39 is 6.36 Å². The number of anilines is 1. The van der Waals surface area contributed by atoms with Crippen LogP contribution in [0.2, 0.25) is 0 Å². The molecule has 1 aromatic heterocycles. The van der Waals surface area contributed by atoms with Crippen LogP contribution in [0.3, 0.4) is 0 Å². The summed E-state index contributed by atoms with van der Waals surface area (Å²) in [7, 11) is 0. The lowest BCUT2D eigenvalue weighted by Crippen LogP contribution is -2.17. The molecule has 0 unspecified atom stereocenters. The van der Waals surface area contributed by atoms with Crippen molar-refractivity contribution < 1.29 is 22.4 Å². The quantitative estimate of drug-likeness (QED) is 0.928. The van der Waals surface area contributed by atoms with E-state index in [-0.39, 0.29) is 17.7 Å². The first-order valence-corrected chi connectivity index (χ1v) is 6.56. The van der Waals surface area contributed by atoms with E-state index in [0.717, 1.165) is 0 Å². The summed E-state index contributed by atoms with van der Waals surface area (Å²) < 4.78 is 45.4. The SMILES string of the molecule is CC(C)(C)c1noc(CNc2cccc(OC(F)(F)F)c2)n1. The Morgan fingerprint density at radius 1 is 1.23 bits per heavy atom. The molecule has 1 heterocycles. The van der Waals surface area contributed by atoms with E-state index >= 15 is 0 Å². The number of hydrogen-bond donors (Lipinski definition) is 1. The summed E-state index contributed by atoms with van der Waals surface area (Å²) in [6, 6.07) is 5.54. The lowest BCUT2D eigenvalue weighted by Gasteiger charge is -2.11. The molecular weight excluding hydrogens is 299 g/mol. The molecule has 0 atom stereocenters. The molecule has 1 aromatic carbocycles. The molecule has 120 valence electrons. The van der Waals surface area contributed by atoms with Crippen LogP contribution in [0.1, 0.15) is 32.5 Å². The molecule has 8 heteroatoms. The van der Waals surface area contributed by atoms with E-state index in [0.29, 0.717) is 17.4 Å². The third kappa shape index (κ3) is 4.64. The lowest BCUT2D eigenvalue weighted by atomic mass is 9.96. The van der Waals surface area contributed by atoms with E-state index in [1.54, 1.807) is 6.07 Å². The molecule has 5 nitrogen and oxygen atoms in total. The van der Waals surface area contributed by atoms with Crippen molar-refractivity contribution in [2.45, 2.75) is 39.1 Å². The predicted octanol–water partition coefficient (Wildman–Crippen LogP) is 3.88. The van der Waals surface area contributed by atoms with Gasteiger partial charge in [-0.15, -0.1) is 13.2 Å². The Hall–Kier alpha value is -2.25. The zero-order valence-electron chi connectivity index (χ0n) is 12.4. The first kappa shape index (κ1) is 16.1. The van der Waals surface area contributed by atoms with Gasteiger partial charge in [0.2, 0.25) is 5.89 Å². The van der Waals surface area contributed by atoms with Crippen LogP contribution in [0.15, 0.2) is 28.8 Å². The number of benzene rings is 1. The van der Waals surface area contributed by atoms with Gasteiger partial charge in [-0.25, -0.2) is 0 Å². The predicted molar refractivity (Wildman–Crippen MR) is 73.4 cm³/mol. The van der Waals surface area contributed by atoms with Crippen LogP contribution in [0.5, 0.6) is 5.75 Å². The van der Waals surface area contributed by atoms with Crippen LogP contribution in [0.25, 0.3) is 0 Å². The molecule has 0 spiro atoms. The second-order valence-corrected chi connectivity index (χ2v) is 5.69. The maximum absolute atomic E-state index is 12.2. The summed E-state index contributed by atoms with van der Waals surface area (Å²) in [5.41, 5.74) is 0.222. The highest BCUT2D eigenvalue weighted by Gasteiger charge is 2.31. The second-order valence-electron chi connectivity index (χ2n) is 5.69. The second kappa shape index (κ2) is 5.86. The zero-order valence-corrected chi connectivity index (χ0v) is 12.4. The maximum Gasteiger partial charge on any atom is 0.573 e. The summed E-state index contributed by atoms with van der Waals surface area (Å²) in [4.78, 5) is 4.23. The molecule has 1 N–H and O–H groups in total. The van der Waals surface area contributed by atoms with E-state index in [1.807, 2.05) is 20.8 Å². The number of halogens is 3. The van der Waals surface area contributed by atoms with Crippen LogP contribution < -0.4 is 10.1 Å². The third-order valence-electron chi connectivity index (χ3n) is 2.65. The Morgan fingerprint density at radius 3 is 2.55 bits per heavy atom. The number of nitrogens with zero attached hydrogens (tertiary/aromatic N) is 2. The fourth-order valence-electron chi connectivity index (χ4n) is 1.61. The monoisotopic (exact) mass is 315 g/mol. The third-order valence-corrected chi connectivity index (χ3v) is 2.65. The summed E-state index contributed by atoms with van der Waals surface area (Å²) in [6.45, 7) is 6.06. The molecule has 0 fully saturated rings. The average Bonchev–Trinajstić information content (AvgIpc) is 2.83.